The standard InChI is InChI=1S/C17H26N2/c1-4-17-15-9-18-8-14(15)10-19(17)11-16-12(2)6-5-7-13(16)3/h5-7,14-15,17-18H,4,8-11H2,1-3H3. The van der Waals surface area contributed by atoms with Crippen LogP contribution in [0.3, 0.4) is 0 Å². The Morgan fingerprint density at radius 3 is 2.63 bits per heavy atom. The Morgan fingerprint density at radius 2 is 1.95 bits per heavy atom. The van der Waals surface area contributed by atoms with E-state index in [-0.39, 0.29) is 0 Å². The summed E-state index contributed by atoms with van der Waals surface area (Å²) in [6.45, 7) is 11.7. The lowest BCUT2D eigenvalue weighted by Crippen LogP contribution is -2.35. The van der Waals surface area contributed by atoms with Crippen molar-refractivity contribution in [2.75, 3.05) is 19.6 Å². The number of fused-ring (bicyclic) bond motifs is 1. The molecule has 19 heavy (non-hydrogen) atoms. The van der Waals surface area contributed by atoms with E-state index in [4.69, 9.17) is 0 Å². The Labute approximate surface area is 117 Å². The van der Waals surface area contributed by atoms with Gasteiger partial charge >= 0.3 is 0 Å². The van der Waals surface area contributed by atoms with Gasteiger partial charge < -0.3 is 5.32 Å². The second-order valence-corrected chi connectivity index (χ2v) is 6.36. The van der Waals surface area contributed by atoms with E-state index >= 15 is 0 Å². The van der Waals surface area contributed by atoms with Crippen LogP contribution in [-0.4, -0.2) is 30.6 Å². The molecule has 1 N–H and O–H groups in total. The molecule has 104 valence electrons. The number of aryl methyl sites for hydroxylation is 2. The molecule has 0 bridgehead atoms. The third-order valence-corrected chi connectivity index (χ3v) is 5.25. The van der Waals surface area contributed by atoms with E-state index in [1.807, 2.05) is 0 Å². The molecule has 0 aliphatic carbocycles. The SMILES string of the molecule is CCC1C2CNCC2CN1Cc1c(C)cccc1C. The van der Waals surface area contributed by atoms with Crippen LogP contribution < -0.4 is 5.32 Å². The summed E-state index contributed by atoms with van der Waals surface area (Å²) in [6.07, 6.45) is 1.29. The number of nitrogens with one attached hydrogen (secondary N) is 1. The summed E-state index contributed by atoms with van der Waals surface area (Å²) in [5, 5.41) is 3.57. The molecule has 3 unspecified atom stereocenters. The van der Waals surface area contributed by atoms with Crippen LogP contribution in [0.4, 0.5) is 0 Å². The van der Waals surface area contributed by atoms with Gasteiger partial charge in [0.25, 0.3) is 0 Å². The normalized spacial score (nSPS) is 30.8. The lowest BCUT2D eigenvalue weighted by Gasteiger charge is -2.28. The summed E-state index contributed by atoms with van der Waals surface area (Å²) in [4.78, 5) is 2.74. The van der Waals surface area contributed by atoms with Crippen molar-refractivity contribution >= 4 is 0 Å². The first-order valence-electron chi connectivity index (χ1n) is 7.70. The fraction of sp³-hybridized carbons (Fsp3) is 0.647. The molecule has 2 nitrogen and oxygen atoms in total. The topological polar surface area (TPSA) is 15.3 Å². The molecule has 3 rings (SSSR count). The van der Waals surface area contributed by atoms with E-state index in [0.29, 0.717) is 0 Å². The highest BCUT2D eigenvalue weighted by Gasteiger charge is 2.42. The summed E-state index contributed by atoms with van der Waals surface area (Å²) in [6, 6.07) is 7.46. The molecular formula is C17H26N2. The summed E-state index contributed by atoms with van der Waals surface area (Å²) in [5.41, 5.74) is 4.45. The number of hydrogen-bond donors (Lipinski definition) is 1. The summed E-state index contributed by atoms with van der Waals surface area (Å²) >= 11 is 0. The Morgan fingerprint density at radius 1 is 1.21 bits per heavy atom. The second kappa shape index (κ2) is 5.26. The molecule has 1 aromatic carbocycles. The Bertz CT molecular complexity index is 434. The van der Waals surface area contributed by atoms with E-state index in [1.165, 1.54) is 37.2 Å². The molecule has 2 aliphatic heterocycles. The van der Waals surface area contributed by atoms with E-state index in [0.717, 1.165) is 24.4 Å². The van der Waals surface area contributed by atoms with Crippen LogP contribution in [-0.2, 0) is 6.54 Å². The molecule has 2 heterocycles. The zero-order valence-electron chi connectivity index (χ0n) is 12.4. The first kappa shape index (κ1) is 13.1. The van der Waals surface area contributed by atoms with Gasteiger partial charge in [0, 0.05) is 19.1 Å². The maximum absolute atomic E-state index is 3.57. The van der Waals surface area contributed by atoms with Crippen molar-refractivity contribution < 1.29 is 0 Å². The van der Waals surface area contributed by atoms with Crippen LogP contribution >= 0.6 is 0 Å². The van der Waals surface area contributed by atoms with Crippen molar-refractivity contribution in [3.63, 3.8) is 0 Å². The second-order valence-electron chi connectivity index (χ2n) is 6.36. The molecule has 0 aromatic heterocycles. The molecule has 3 atom stereocenters. The molecule has 2 heteroatoms. The van der Waals surface area contributed by atoms with Gasteiger partial charge in [-0.15, -0.1) is 0 Å². The monoisotopic (exact) mass is 258 g/mol. The zero-order chi connectivity index (χ0) is 13.4. The largest absolute Gasteiger partial charge is 0.316 e. The number of hydrogen-bond acceptors (Lipinski definition) is 2. The van der Waals surface area contributed by atoms with Crippen molar-refractivity contribution in [1.82, 2.24) is 10.2 Å². The highest BCUT2D eigenvalue weighted by Crippen LogP contribution is 2.35. The molecule has 0 radical (unpaired) electrons. The van der Waals surface area contributed by atoms with Crippen molar-refractivity contribution in [2.24, 2.45) is 11.8 Å². The lowest BCUT2D eigenvalue weighted by atomic mass is 9.92. The van der Waals surface area contributed by atoms with Crippen LogP contribution in [0.5, 0.6) is 0 Å². The van der Waals surface area contributed by atoms with Gasteiger partial charge in [-0.2, -0.15) is 0 Å². The summed E-state index contributed by atoms with van der Waals surface area (Å²) < 4.78 is 0. The van der Waals surface area contributed by atoms with Gasteiger partial charge in [-0.05, 0) is 61.9 Å². The maximum atomic E-state index is 3.57. The van der Waals surface area contributed by atoms with Crippen molar-refractivity contribution in [3.05, 3.63) is 34.9 Å². The number of nitrogens with zero attached hydrogens (tertiary/aromatic N) is 1. The number of likely N-dealkylation sites (tertiary alicyclic amines) is 1. The van der Waals surface area contributed by atoms with Crippen LogP contribution in [0.1, 0.15) is 30.0 Å². The van der Waals surface area contributed by atoms with Crippen LogP contribution in [0.15, 0.2) is 18.2 Å². The van der Waals surface area contributed by atoms with Crippen molar-refractivity contribution in [2.45, 2.75) is 39.8 Å². The molecule has 0 amide bonds. The molecule has 1 aromatic rings. The van der Waals surface area contributed by atoms with Gasteiger partial charge in [-0.1, -0.05) is 25.1 Å². The van der Waals surface area contributed by atoms with Crippen molar-refractivity contribution in [1.29, 1.82) is 0 Å². The van der Waals surface area contributed by atoms with Crippen LogP contribution in [0.25, 0.3) is 0 Å². The zero-order valence-corrected chi connectivity index (χ0v) is 12.4. The van der Waals surface area contributed by atoms with Gasteiger partial charge in [0.2, 0.25) is 0 Å². The molecule has 2 fully saturated rings. The molecule has 2 saturated heterocycles. The van der Waals surface area contributed by atoms with Crippen LogP contribution in [0.2, 0.25) is 0 Å². The first-order chi connectivity index (χ1) is 9.20. The minimum Gasteiger partial charge on any atom is -0.316 e. The number of rotatable bonds is 3. The lowest BCUT2D eigenvalue weighted by molar-refractivity contribution is 0.209. The van der Waals surface area contributed by atoms with Gasteiger partial charge in [-0.3, -0.25) is 4.90 Å². The quantitative estimate of drug-likeness (QED) is 0.897. The Kier molecular flexibility index (Phi) is 3.64. The first-order valence-corrected chi connectivity index (χ1v) is 7.70. The predicted octanol–water partition coefficient (Wildman–Crippen LogP) is 2.73. The highest BCUT2D eigenvalue weighted by molar-refractivity contribution is 5.33. The Balaban J connectivity index is 1.80. The average Bonchev–Trinajstić information content (AvgIpc) is 2.93. The molecule has 2 aliphatic rings. The average molecular weight is 258 g/mol. The van der Waals surface area contributed by atoms with Gasteiger partial charge in [0.05, 0.1) is 0 Å². The fourth-order valence-electron chi connectivity index (χ4n) is 4.16. The summed E-state index contributed by atoms with van der Waals surface area (Å²) in [7, 11) is 0. The highest BCUT2D eigenvalue weighted by atomic mass is 15.2. The molecule has 0 spiro atoms. The van der Waals surface area contributed by atoms with Gasteiger partial charge in [0.1, 0.15) is 0 Å². The van der Waals surface area contributed by atoms with E-state index in [2.05, 4.69) is 49.2 Å². The Hall–Kier alpha value is -0.860. The third kappa shape index (κ3) is 2.32. The predicted molar refractivity (Wildman–Crippen MR) is 80.3 cm³/mol. The fourth-order valence-corrected chi connectivity index (χ4v) is 4.16. The molecule has 0 saturated carbocycles. The maximum Gasteiger partial charge on any atom is 0.0242 e. The minimum atomic E-state index is 0.777. The van der Waals surface area contributed by atoms with Crippen molar-refractivity contribution in [3.8, 4) is 0 Å². The van der Waals surface area contributed by atoms with Crippen LogP contribution in [0, 0.1) is 25.7 Å². The number of benzene rings is 1. The van der Waals surface area contributed by atoms with E-state index in [9.17, 15) is 0 Å². The van der Waals surface area contributed by atoms with Gasteiger partial charge in [0.15, 0.2) is 0 Å². The van der Waals surface area contributed by atoms with E-state index in [1.54, 1.807) is 5.56 Å². The minimum absolute atomic E-state index is 0.777. The van der Waals surface area contributed by atoms with Gasteiger partial charge in [-0.25, -0.2) is 0 Å². The third-order valence-electron chi connectivity index (χ3n) is 5.25. The summed E-state index contributed by atoms with van der Waals surface area (Å²) in [5.74, 6) is 1.77. The smallest absolute Gasteiger partial charge is 0.0242 e. The molecular weight excluding hydrogens is 232 g/mol. The van der Waals surface area contributed by atoms with E-state index < -0.39 is 0 Å².